The Labute approximate surface area is 151 Å². The van der Waals surface area contributed by atoms with E-state index in [9.17, 15) is 4.79 Å². The van der Waals surface area contributed by atoms with E-state index in [0.717, 1.165) is 18.7 Å². The fourth-order valence-electron chi connectivity index (χ4n) is 2.76. The van der Waals surface area contributed by atoms with Gasteiger partial charge in [0, 0.05) is 25.7 Å². The third-order valence-corrected chi connectivity index (χ3v) is 4.49. The van der Waals surface area contributed by atoms with Crippen molar-refractivity contribution in [3.8, 4) is 5.75 Å². The van der Waals surface area contributed by atoms with Crippen LogP contribution in [-0.4, -0.2) is 30.3 Å². The lowest BCUT2D eigenvalue weighted by Gasteiger charge is -2.21. The van der Waals surface area contributed by atoms with Crippen molar-refractivity contribution in [3.05, 3.63) is 63.4 Å². The first-order valence-electron chi connectivity index (χ1n) is 8.00. The number of anilines is 1. The number of likely N-dealkylation sites (N-methyl/N-ethyl adjacent to an activating group) is 1. The molecule has 0 amide bonds. The molecule has 0 N–H and O–H groups in total. The van der Waals surface area contributed by atoms with Crippen LogP contribution in [0.2, 0.25) is 5.02 Å². The van der Waals surface area contributed by atoms with Gasteiger partial charge in [-0.1, -0.05) is 23.7 Å². The lowest BCUT2D eigenvalue weighted by molar-refractivity contribution is 0.414. The Hall–Kier alpha value is -2.53. The van der Waals surface area contributed by atoms with Gasteiger partial charge in [-0.15, -0.1) is 0 Å². The maximum absolute atomic E-state index is 12.5. The Balaban J connectivity index is 1.84. The highest BCUT2D eigenvalue weighted by molar-refractivity contribution is 6.31. The molecule has 0 spiro atoms. The average molecular weight is 358 g/mol. The van der Waals surface area contributed by atoms with Gasteiger partial charge in [0.05, 0.1) is 18.0 Å². The predicted octanol–water partition coefficient (Wildman–Crippen LogP) is 3.27. The summed E-state index contributed by atoms with van der Waals surface area (Å²) < 4.78 is 6.75. The van der Waals surface area contributed by atoms with Gasteiger partial charge >= 0.3 is 0 Å². The first-order valence-corrected chi connectivity index (χ1v) is 8.38. The van der Waals surface area contributed by atoms with Crippen LogP contribution in [0.5, 0.6) is 5.75 Å². The van der Waals surface area contributed by atoms with E-state index >= 15 is 0 Å². The second kappa shape index (κ2) is 7.15. The molecule has 0 atom stereocenters. The van der Waals surface area contributed by atoms with Crippen molar-refractivity contribution in [1.82, 2.24) is 9.55 Å². The minimum absolute atomic E-state index is 0.0760. The fraction of sp³-hybridized carbons (Fsp3) is 0.263. The lowest BCUT2D eigenvalue weighted by Crippen LogP contribution is -2.30. The van der Waals surface area contributed by atoms with E-state index in [1.54, 1.807) is 36.9 Å². The second-order valence-corrected chi connectivity index (χ2v) is 6.39. The van der Waals surface area contributed by atoms with E-state index in [2.05, 4.69) is 4.98 Å². The van der Waals surface area contributed by atoms with Crippen LogP contribution in [0.4, 0.5) is 5.95 Å². The van der Waals surface area contributed by atoms with Crippen LogP contribution >= 0.6 is 11.6 Å². The largest absolute Gasteiger partial charge is 0.497 e. The third kappa shape index (κ3) is 3.61. The molecule has 0 unspecified atom stereocenters. The van der Waals surface area contributed by atoms with Crippen LogP contribution < -0.4 is 15.2 Å². The second-order valence-electron chi connectivity index (χ2n) is 5.96. The molecule has 1 heterocycles. The number of rotatable bonds is 5. The Morgan fingerprint density at radius 1 is 1.20 bits per heavy atom. The highest BCUT2D eigenvalue weighted by Crippen LogP contribution is 2.18. The number of hydrogen-bond acceptors (Lipinski definition) is 4. The van der Waals surface area contributed by atoms with Crippen molar-refractivity contribution < 1.29 is 4.74 Å². The molecule has 0 radical (unpaired) electrons. The SMILES string of the molecule is COc1ccc(CCN(C)c2nc3cc(Cl)ccc3c(=O)n2C)cc1. The van der Waals surface area contributed by atoms with E-state index in [-0.39, 0.29) is 5.56 Å². The van der Waals surface area contributed by atoms with Crippen LogP contribution in [0.3, 0.4) is 0 Å². The molecular formula is C19H20ClN3O2. The van der Waals surface area contributed by atoms with Crippen LogP contribution in [0.1, 0.15) is 5.56 Å². The van der Waals surface area contributed by atoms with Gasteiger partial charge in [0.1, 0.15) is 5.75 Å². The number of halogens is 1. The molecule has 3 aromatic rings. The third-order valence-electron chi connectivity index (χ3n) is 4.25. The zero-order valence-electron chi connectivity index (χ0n) is 14.5. The number of fused-ring (bicyclic) bond motifs is 1. The summed E-state index contributed by atoms with van der Waals surface area (Å²) >= 11 is 6.04. The first kappa shape index (κ1) is 17.3. The smallest absolute Gasteiger partial charge is 0.262 e. The van der Waals surface area contributed by atoms with E-state index in [4.69, 9.17) is 16.3 Å². The Bertz CT molecular complexity index is 951. The Morgan fingerprint density at radius 2 is 1.92 bits per heavy atom. The normalized spacial score (nSPS) is 10.9. The summed E-state index contributed by atoms with van der Waals surface area (Å²) in [4.78, 5) is 19.1. The van der Waals surface area contributed by atoms with Crippen molar-refractivity contribution in [2.75, 3.05) is 25.6 Å². The van der Waals surface area contributed by atoms with Gasteiger partial charge < -0.3 is 9.64 Å². The first-order chi connectivity index (χ1) is 12.0. The molecular weight excluding hydrogens is 338 g/mol. The summed E-state index contributed by atoms with van der Waals surface area (Å²) in [5.74, 6) is 1.46. The molecule has 0 aliphatic carbocycles. The maximum Gasteiger partial charge on any atom is 0.262 e. The lowest BCUT2D eigenvalue weighted by atomic mass is 10.1. The summed E-state index contributed by atoms with van der Waals surface area (Å²) in [5.41, 5.74) is 1.73. The molecule has 0 aliphatic heterocycles. The molecule has 0 fully saturated rings. The molecule has 0 saturated heterocycles. The predicted molar refractivity (Wildman–Crippen MR) is 102 cm³/mol. The van der Waals surface area contributed by atoms with Crippen molar-refractivity contribution in [3.63, 3.8) is 0 Å². The number of aromatic nitrogens is 2. The van der Waals surface area contributed by atoms with Crippen molar-refractivity contribution in [2.24, 2.45) is 7.05 Å². The van der Waals surface area contributed by atoms with Crippen molar-refractivity contribution in [2.45, 2.75) is 6.42 Å². The van der Waals surface area contributed by atoms with Gasteiger partial charge in [0.25, 0.3) is 5.56 Å². The van der Waals surface area contributed by atoms with E-state index in [0.29, 0.717) is 21.9 Å². The minimum Gasteiger partial charge on any atom is -0.497 e. The standard InChI is InChI=1S/C19H20ClN3O2/c1-22(11-10-13-4-7-15(25-3)8-5-13)19-21-17-12-14(20)6-9-16(17)18(24)23(19)2/h4-9,12H,10-11H2,1-3H3. The fourth-order valence-corrected chi connectivity index (χ4v) is 2.93. The maximum atomic E-state index is 12.5. The Morgan fingerprint density at radius 3 is 2.60 bits per heavy atom. The van der Waals surface area contributed by atoms with E-state index in [1.165, 1.54) is 5.56 Å². The van der Waals surface area contributed by atoms with Crippen LogP contribution in [0, 0.1) is 0 Å². The highest BCUT2D eigenvalue weighted by atomic mass is 35.5. The summed E-state index contributed by atoms with van der Waals surface area (Å²) in [6, 6.07) is 13.1. The zero-order chi connectivity index (χ0) is 18.0. The van der Waals surface area contributed by atoms with Crippen LogP contribution in [-0.2, 0) is 13.5 Å². The summed E-state index contributed by atoms with van der Waals surface area (Å²) in [5, 5.41) is 1.14. The molecule has 2 aromatic carbocycles. The topological polar surface area (TPSA) is 47.4 Å². The monoisotopic (exact) mass is 357 g/mol. The molecule has 0 aliphatic rings. The van der Waals surface area contributed by atoms with Gasteiger partial charge in [-0.25, -0.2) is 4.98 Å². The molecule has 5 nitrogen and oxygen atoms in total. The molecule has 0 bridgehead atoms. The molecule has 25 heavy (non-hydrogen) atoms. The molecule has 0 saturated carbocycles. The molecule has 1 aromatic heterocycles. The quantitative estimate of drug-likeness (QED) is 0.703. The molecule has 6 heteroatoms. The van der Waals surface area contributed by atoms with Gasteiger partial charge in [-0.05, 0) is 42.3 Å². The van der Waals surface area contributed by atoms with Gasteiger partial charge in [0.15, 0.2) is 0 Å². The number of hydrogen-bond donors (Lipinski definition) is 0. The molecule has 130 valence electrons. The number of methoxy groups -OCH3 is 1. The highest BCUT2D eigenvalue weighted by Gasteiger charge is 2.12. The van der Waals surface area contributed by atoms with Gasteiger partial charge in [-0.2, -0.15) is 0 Å². The summed E-state index contributed by atoms with van der Waals surface area (Å²) in [7, 11) is 5.32. The molecule has 3 rings (SSSR count). The van der Waals surface area contributed by atoms with Gasteiger partial charge in [-0.3, -0.25) is 9.36 Å². The zero-order valence-corrected chi connectivity index (χ0v) is 15.2. The van der Waals surface area contributed by atoms with Crippen molar-refractivity contribution in [1.29, 1.82) is 0 Å². The average Bonchev–Trinajstić information content (AvgIpc) is 2.63. The van der Waals surface area contributed by atoms with Crippen LogP contribution in [0.15, 0.2) is 47.3 Å². The Kier molecular flexibility index (Phi) is 4.95. The number of nitrogens with zero attached hydrogens (tertiary/aromatic N) is 3. The van der Waals surface area contributed by atoms with E-state index in [1.807, 2.05) is 36.2 Å². The number of benzene rings is 2. The number of ether oxygens (including phenoxy) is 1. The van der Waals surface area contributed by atoms with E-state index < -0.39 is 0 Å². The minimum atomic E-state index is -0.0760. The van der Waals surface area contributed by atoms with Crippen molar-refractivity contribution >= 4 is 28.5 Å². The van der Waals surface area contributed by atoms with Crippen LogP contribution in [0.25, 0.3) is 10.9 Å². The van der Waals surface area contributed by atoms with Gasteiger partial charge in [0.2, 0.25) is 5.95 Å². The summed E-state index contributed by atoms with van der Waals surface area (Å²) in [6.45, 7) is 0.735. The summed E-state index contributed by atoms with van der Waals surface area (Å²) in [6.07, 6.45) is 0.837.